The molecule has 0 saturated heterocycles. The Morgan fingerprint density at radius 1 is 0.722 bits per heavy atom. The summed E-state index contributed by atoms with van der Waals surface area (Å²) >= 11 is 0. The van der Waals surface area contributed by atoms with Crippen LogP contribution in [0.4, 0.5) is 0 Å². The summed E-state index contributed by atoms with van der Waals surface area (Å²) in [5.74, 6) is 6.09. The lowest BCUT2D eigenvalue weighted by Crippen LogP contribution is -1.84. The second-order valence-electron chi connectivity index (χ2n) is 3.72. The number of aromatic nitrogens is 3. The Bertz CT molecular complexity index is 740. The van der Waals surface area contributed by atoms with E-state index in [0.717, 1.165) is 22.3 Å². The average molecular weight is 231 g/mol. The highest BCUT2D eigenvalue weighted by Gasteiger charge is 1.95. The van der Waals surface area contributed by atoms with Gasteiger partial charge in [-0.1, -0.05) is 12.0 Å². The van der Waals surface area contributed by atoms with Crippen LogP contribution >= 0.6 is 0 Å². The van der Waals surface area contributed by atoms with E-state index in [1.54, 1.807) is 18.6 Å². The van der Waals surface area contributed by atoms with Crippen molar-refractivity contribution >= 4 is 11.0 Å². The van der Waals surface area contributed by atoms with Crippen LogP contribution in [0, 0.1) is 11.8 Å². The van der Waals surface area contributed by atoms with Gasteiger partial charge in [0.15, 0.2) is 0 Å². The number of benzene rings is 1. The summed E-state index contributed by atoms with van der Waals surface area (Å²) in [6.45, 7) is 0. The Balaban J connectivity index is 1.99. The van der Waals surface area contributed by atoms with Gasteiger partial charge in [-0.05, 0) is 36.3 Å². The number of hydrogen-bond donors (Lipinski definition) is 0. The van der Waals surface area contributed by atoms with Crippen LogP contribution < -0.4 is 0 Å². The van der Waals surface area contributed by atoms with Crippen molar-refractivity contribution in [1.29, 1.82) is 0 Å². The third kappa shape index (κ3) is 2.18. The molecule has 18 heavy (non-hydrogen) atoms. The Morgan fingerprint density at radius 2 is 1.61 bits per heavy atom. The summed E-state index contributed by atoms with van der Waals surface area (Å²) in [7, 11) is 0. The molecule has 2 heterocycles. The molecule has 3 rings (SSSR count). The van der Waals surface area contributed by atoms with Gasteiger partial charge in [0.1, 0.15) is 5.69 Å². The molecule has 2 aromatic heterocycles. The molecule has 0 N–H and O–H groups in total. The predicted octanol–water partition coefficient (Wildman–Crippen LogP) is 2.42. The third-order valence-corrected chi connectivity index (χ3v) is 2.47. The molecule has 3 heteroatoms. The molecular formula is C15H9N3. The lowest BCUT2D eigenvalue weighted by Gasteiger charge is -1.95. The van der Waals surface area contributed by atoms with Crippen molar-refractivity contribution in [3.63, 3.8) is 0 Å². The van der Waals surface area contributed by atoms with Gasteiger partial charge >= 0.3 is 0 Å². The highest BCUT2D eigenvalue weighted by atomic mass is 14.8. The number of rotatable bonds is 0. The molecule has 0 bridgehead atoms. The number of hydrogen-bond acceptors (Lipinski definition) is 3. The molecule has 3 nitrogen and oxygen atoms in total. The van der Waals surface area contributed by atoms with Gasteiger partial charge in [0.25, 0.3) is 0 Å². The highest BCUT2D eigenvalue weighted by Crippen LogP contribution is 2.09. The third-order valence-electron chi connectivity index (χ3n) is 2.47. The zero-order valence-corrected chi connectivity index (χ0v) is 9.54. The molecule has 0 radical (unpaired) electrons. The van der Waals surface area contributed by atoms with Gasteiger partial charge in [-0.3, -0.25) is 9.97 Å². The van der Waals surface area contributed by atoms with E-state index in [2.05, 4.69) is 26.8 Å². The molecule has 84 valence electrons. The van der Waals surface area contributed by atoms with E-state index in [1.165, 1.54) is 0 Å². The van der Waals surface area contributed by atoms with Gasteiger partial charge in [-0.15, -0.1) is 0 Å². The van der Waals surface area contributed by atoms with Crippen LogP contribution in [-0.2, 0) is 0 Å². The molecule has 0 aliphatic heterocycles. The van der Waals surface area contributed by atoms with Crippen molar-refractivity contribution in [3.8, 4) is 11.8 Å². The summed E-state index contributed by atoms with van der Waals surface area (Å²) in [4.78, 5) is 12.6. The molecular weight excluding hydrogens is 222 g/mol. The zero-order chi connectivity index (χ0) is 12.2. The molecule has 0 saturated carbocycles. The second-order valence-corrected chi connectivity index (χ2v) is 3.72. The van der Waals surface area contributed by atoms with Gasteiger partial charge in [-0.25, -0.2) is 4.98 Å². The van der Waals surface area contributed by atoms with Crippen LogP contribution in [0.2, 0.25) is 0 Å². The van der Waals surface area contributed by atoms with Crippen molar-refractivity contribution in [2.24, 2.45) is 0 Å². The molecule has 0 fully saturated rings. The fourth-order valence-corrected chi connectivity index (χ4v) is 1.61. The van der Waals surface area contributed by atoms with E-state index in [4.69, 9.17) is 0 Å². The van der Waals surface area contributed by atoms with Crippen LogP contribution in [0.15, 0.2) is 55.0 Å². The average Bonchev–Trinajstić information content (AvgIpc) is 2.46. The van der Waals surface area contributed by atoms with E-state index in [-0.39, 0.29) is 0 Å². The fourth-order valence-electron chi connectivity index (χ4n) is 1.61. The summed E-state index contributed by atoms with van der Waals surface area (Å²) in [6, 6.07) is 11.5. The van der Waals surface area contributed by atoms with E-state index < -0.39 is 0 Å². The van der Waals surface area contributed by atoms with E-state index in [0.29, 0.717) is 0 Å². The van der Waals surface area contributed by atoms with Crippen molar-refractivity contribution in [3.05, 3.63) is 66.2 Å². The SMILES string of the molecule is C(#Cc1ccccn1)c1ccc2nccnc2c1. The zero-order valence-electron chi connectivity index (χ0n) is 9.54. The van der Waals surface area contributed by atoms with E-state index in [1.807, 2.05) is 36.4 Å². The fraction of sp³-hybridized carbons (Fsp3) is 0. The maximum atomic E-state index is 4.25. The van der Waals surface area contributed by atoms with Crippen LogP contribution in [0.1, 0.15) is 11.3 Å². The number of fused-ring (bicyclic) bond motifs is 1. The Kier molecular flexibility index (Phi) is 2.69. The van der Waals surface area contributed by atoms with Crippen molar-refractivity contribution in [2.45, 2.75) is 0 Å². The van der Waals surface area contributed by atoms with E-state index in [9.17, 15) is 0 Å². The van der Waals surface area contributed by atoms with Crippen LogP contribution in [-0.4, -0.2) is 15.0 Å². The highest BCUT2D eigenvalue weighted by molar-refractivity contribution is 5.75. The topological polar surface area (TPSA) is 38.7 Å². The Labute approximate surface area is 105 Å². The summed E-state index contributed by atoms with van der Waals surface area (Å²) in [5, 5.41) is 0. The normalized spacial score (nSPS) is 9.78. The van der Waals surface area contributed by atoms with E-state index >= 15 is 0 Å². The first-order valence-electron chi connectivity index (χ1n) is 5.56. The van der Waals surface area contributed by atoms with Gasteiger partial charge < -0.3 is 0 Å². The quantitative estimate of drug-likeness (QED) is 0.558. The first-order chi connectivity index (χ1) is 8.92. The molecule has 0 amide bonds. The minimum Gasteiger partial charge on any atom is -0.253 e. The molecule has 0 spiro atoms. The first kappa shape index (κ1) is 10.4. The molecule has 0 aliphatic carbocycles. The maximum Gasteiger partial charge on any atom is 0.113 e. The second kappa shape index (κ2) is 4.64. The molecule has 0 aliphatic rings. The molecule has 3 aromatic rings. The standard InChI is InChI=1S/C15H9N3/c1-2-8-16-13(3-1)6-4-12-5-7-14-15(11-12)18-10-9-17-14/h1-3,5,7-11H. The van der Waals surface area contributed by atoms with Gasteiger partial charge in [0, 0.05) is 24.2 Å². The lowest BCUT2D eigenvalue weighted by molar-refractivity contribution is 1.29. The first-order valence-corrected chi connectivity index (χ1v) is 5.56. The van der Waals surface area contributed by atoms with Crippen LogP contribution in [0.3, 0.4) is 0 Å². The Morgan fingerprint density at radius 3 is 2.44 bits per heavy atom. The molecule has 0 unspecified atom stereocenters. The number of nitrogens with zero attached hydrogens (tertiary/aromatic N) is 3. The minimum atomic E-state index is 0.761. The molecule has 0 atom stereocenters. The summed E-state index contributed by atoms with van der Waals surface area (Å²) < 4.78 is 0. The summed E-state index contributed by atoms with van der Waals surface area (Å²) in [6.07, 6.45) is 5.09. The van der Waals surface area contributed by atoms with Gasteiger partial charge in [-0.2, -0.15) is 0 Å². The lowest BCUT2D eigenvalue weighted by atomic mass is 10.2. The van der Waals surface area contributed by atoms with Crippen molar-refractivity contribution in [1.82, 2.24) is 15.0 Å². The predicted molar refractivity (Wildman–Crippen MR) is 69.8 cm³/mol. The Hall–Kier alpha value is -2.73. The van der Waals surface area contributed by atoms with Gasteiger partial charge in [0.05, 0.1) is 11.0 Å². The van der Waals surface area contributed by atoms with Crippen molar-refractivity contribution < 1.29 is 0 Å². The van der Waals surface area contributed by atoms with Crippen molar-refractivity contribution in [2.75, 3.05) is 0 Å². The maximum absolute atomic E-state index is 4.25. The number of pyridine rings is 1. The monoisotopic (exact) mass is 231 g/mol. The largest absolute Gasteiger partial charge is 0.253 e. The molecule has 1 aromatic carbocycles. The van der Waals surface area contributed by atoms with Crippen LogP contribution in [0.5, 0.6) is 0 Å². The smallest absolute Gasteiger partial charge is 0.113 e. The van der Waals surface area contributed by atoms with Gasteiger partial charge in [0.2, 0.25) is 0 Å². The van der Waals surface area contributed by atoms with Crippen LogP contribution in [0.25, 0.3) is 11.0 Å². The minimum absolute atomic E-state index is 0.761. The summed E-state index contributed by atoms with van der Waals surface area (Å²) in [5.41, 5.74) is 3.40.